The normalized spacial score (nSPS) is 16.7. The van der Waals surface area contributed by atoms with Crippen LogP contribution in [0, 0.1) is 12.3 Å². The van der Waals surface area contributed by atoms with Crippen molar-refractivity contribution in [3.05, 3.63) is 29.9 Å². The molecule has 136 valence electrons. The fourth-order valence-electron chi connectivity index (χ4n) is 3.23. The Morgan fingerprint density at radius 2 is 2.24 bits per heavy atom. The lowest BCUT2D eigenvalue weighted by atomic mass is 9.79. The molecule has 0 aromatic carbocycles. The second kappa shape index (κ2) is 7.84. The molecule has 0 aliphatic carbocycles. The number of hydrogen-bond donors (Lipinski definition) is 2. The van der Waals surface area contributed by atoms with Crippen molar-refractivity contribution in [2.24, 2.45) is 5.41 Å². The van der Waals surface area contributed by atoms with Crippen molar-refractivity contribution in [2.75, 3.05) is 33.4 Å². The topological polar surface area (TPSA) is 89.5 Å². The monoisotopic (exact) mass is 347 g/mol. The molecule has 2 aromatic rings. The Morgan fingerprint density at radius 3 is 2.92 bits per heavy atom. The van der Waals surface area contributed by atoms with E-state index in [2.05, 4.69) is 15.6 Å². The number of ether oxygens (including phenoxy) is 1. The van der Waals surface area contributed by atoms with E-state index in [4.69, 9.17) is 13.6 Å². The highest BCUT2D eigenvalue weighted by molar-refractivity contribution is 5.78. The standard InChI is InChI=1S/C18H25N3O4/c1-13-14(21-17(25-13)15-4-3-9-24-15)10-16(22)20-11-18(12-23-2)5-7-19-8-6-18/h3-4,9,19H,5-8,10-12H2,1-2H3,(H,20,22). The molecule has 7 heteroatoms. The van der Waals surface area contributed by atoms with Crippen molar-refractivity contribution in [2.45, 2.75) is 26.2 Å². The summed E-state index contributed by atoms with van der Waals surface area (Å²) in [5.41, 5.74) is 0.642. The van der Waals surface area contributed by atoms with E-state index in [1.165, 1.54) is 0 Å². The molecule has 7 nitrogen and oxygen atoms in total. The van der Waals surface area contributed by atoms with Crippen LogP contribution in [0.15, 0.2) is 27.2 Å². The summed E-state index contributed by atoms with van der Waals surface area (Å²) in [4.78, 5) is 16.8. The van der Waals surface area contributed by atoms with E-state index in [1.54, 1.807) is 32.4 Å². The minimum absolute atomic E-state index is 0.00780. The highest BCUT2D eigenvalue weighted by Crippen LogP contribution is 2.28. The number of nitrogens with one attached hydrogen (secondary N) is 2. The summed E-state index contributed by atoms with van der Waals surface area (Å²) >= 11 is 0. The maximum absolute atomic E-state index is 12.4. The summed E-state index contributed by atoms with van der Waals surface area (Å²) in [5, 5.41) is 6.40. The largest absolute Gasteiger partial charge is 0.459 e. The molecule has 25 heavy (non-hydrogen) atoms. The number of amides is 1. The fraction of sp³-hybridized carbons (Fsp3) is 0.556. The van der Waals surface area contributed by atoms with Crippen LogP contribution in [0.4, 0.5) is 0 Å². The zero-order valence-electron chi connectivity index (χ0n) is 14.8. The lowest BCUT2D eigenvalue weighted by molar-refractivity contribution is -0.121. The van der Waals surface area contributed by atoms with Gasteiger partial charge in [-0.15, -0.1) is 0 Å². The van der Waals surface area contributed by atoms with Gasteiger partial charge in [-0.2, -0.15) is 0 Å². The Balaban J connectivity index is 1.59. The number of aryl methyl sites for hydroxylation is 1. The van der Waals surface area contributed by atoms with Crippen LogP contribution in [0.1, 0.15) is 24.3 Å². The maximum atomic E-state index is 12.4. The molecule has 0 unspecified atom stereocenters. The maximum Gasteiger partial charge on any atom is 0.263 e. The number of nitrogens with zero attached hydrogens (tertiary/aromatic N) is 1. The molecule has 1 amide bonds. The molecule has 2 aromatic heterocycles. The summed E-state index contributed by atoms with van der Waals surface area (Å²) in [6.07, 6.45) is 3.74. The predicted molar refractivity (Wildman–Crippen MR) is 92.1 cm³/mol. The first-order valence-electron chi connectivity index (χ1n) is 8.58. The molecule has 0 saturated carbocycles. The lowest BCUT2D eigenvalue weighted by Crippen LogP contribution is -2.47. The van der Waals surface area contributed by atoms with Crippen LogP contribution in [0.25, 0.3) is 11.7 Å². The van der Waals surface area contributed by atoms with E-state index in [1.807, 2.05) is 0 Å². The van der Waals surface area contributed by atoms with Gasteiger partial charge >= 0.3 is 0 Å². The number of oxazole rings is 1. The summed E-state index contributed by atoms with van der Waals surface area (Å²) in [5.74, 6) is 1.54. The van der Waals surface area contributed by atoms with Crippen molar-refractivity contribution in [3.63, 3.8) is 0 Å². The molecule has 3 rings (SSSR count). The van der Waals surface area contributed by atoms with Gasteiger partial charge in [-0.1, -0.05) is 0 Å². The van der Waals surface area contributed by atoms with Gasteiger partial charge in [-0.25, -0.2) is 4.98 Å². The SMILES string of the molecule is COCC1(CNC(=O)Cc2nc(-c3ccco3)oc2C)CCNCC1. The van der Waals surface area contributed by atoms with Gasteiger partial charge in [-0.3, -0.25) is 4.79 Å². The molecule has 0 bridgehead atoms. The third kappa shape index (κ3) is 4.29. The minimum Gasteiger partial charge on any atom is -0.459 e. The highest BCUT2D eigenvalue weighted by atomic mass is 16.5. The van der Waals surface area contributed by atoms with E-state index in [0.29, 0.717) is 36.3 Å². The second-order valence-corrected chi connectivity index (χ2v) is 6.64. The highest BCUT2D eigenvalue weighted by Gasteiger charge is 2.32. The zero-order valence-corrected chi connectivity index (χ0v) is 14.8. The van der Waals surface area contributed by atoms with Crippen molar-refractivity contribution >= 4 is 5.91 Å². The number of carbonyl (C=O) groups is 1. The van der Waals surface area contributed by atoms with Crippen LogP contribution in [0.3, 0.4) is 0 Å². The summed E-state index contributed by atoms with van der Waals surface area (Å²) in [7, 11) is 1.71. The number of aromatic nitrogens is 1. The minimum atomic E-state index is -0.0589. The van der Waals surface area contributed by atoms with E-state index < -0.39 is 0 Å². The van der Waals surface area contributed by atoms with Crippen molar-refractivity contribution < 1.29 is 18.4 Å². The van der Waals surface area contributed by atoms with Crippen LogP contribution >= 0.6 is 0 Å². The van der Waals surface area contributed by atoms with E-state index in [-0.39, 0.29) is 17.7 Å². The summed E-state index contributed by atoms with van der Waals surface area (Å²) in [6.45, 7) is 4.98. The quantitative estimate of drug-likeness (QED) is 0.795. The number of hydrogen-bond acceptors (Lipinski definition) is 6. The zero-order chi connectivity index (χ0) is 17.7. The molecule has 3 heterocycles. The summed E-state index contributed by atoms with van der Waals surface area (Å²) < 4.78 is 16.3. The second-order valence-electron chi connectivity index (χ2n) is 6.64. The van der Waals surface area contributed by atoms with Crippen LogP contribution < -0.4 is 10.6 Å². The molecule has 1 fully saturated rings. The van der Waals surface area contributed by atoms with Crippen LogP contribution in [-0.2, 0) is 16.0 Å². The number of methoxy groups -OCH3 is 1. The molecular weight excluding hydrogens is 322 g/mol. The lowest BCUT2D eigenvalue weighted by Gasteiger charge is -2.37. The van der Waals surface area contributed by atoms with Gasteiger partial charge in [0.05, 0.1) is 25.0 Å². The van der Waals surface area contributed by atoms with E-state index in [0.717, 1.165) is 25.9 Å². The fourth-order valence-corrected chi connectivity index (χ4v) is 3.23. The van der Waals surface area contributed by atoms with Gasteiger partial charge in [0, 0.05) is 19.1 Å². The van der Waals surface area contributed by atoms with Gasteiger partial charge < -0.3 is 24.2 Å². The van der Waals surface area contributed by atoms with E-state index >= 15 is 0 Å². The first kappa shape index (κ1) is 17.7. The predicted octanol–water partition coefficient (Wildman–Crippen LogP) is 1.92. The Hall–Kier alpha value is -2.12. The average molecular weight is 347 g/mol. The van der Waals surface area contributed by atoms with Crippen molar-refractivity contribution in [3.8, 4) is 11.7 Å². The number of piperidine rings is 1. The number of carbonyl (C=O) groups excluding carboxylic acids is 1. The van der Waals surface area contributed by atoms with Gasteiger partial charge in [0.15, 0.2) is 5.76 Å². The van der Waals surface area contributed by atoms with Crippen LogP contribution in [0.2, 0.25) is 0 Å². The Labute approximate surface area is 147 Å². The smallest absolute Gasteiger partial charge is 0.263 e. The number of rotatable bonds is 7. The molecule has 0 atom stereocenters. The van der Waals surface area contributed by atoms with Gasteiger partial charge in [0.2, 0.25) is 5.91 Å². The molecule has 0 spiro atoms. The van der Waals surface area contributed by atoms with Crippen LogP contribution in [0.5, 0.6) is 0 Å². The Kier molecular flexibility index (Phi) is 5.55. The van der Waals surface area contributed by atoms with E-state index in [9.17, 15) is 4.79 Å². The van der Waals surface area contributed by atoms with Gasteiger partial charge in [-0.05, 0) is 45.0 Å². The molecule has 1 aliphatic heterocycles. The third-order valence-corrected chi connectivity index (χ3v) is 4.73. The van der Waals surface area contributed by atoms with Crippen molar-refractivity contribution in [1.29, 1.82) is 0 Å². The third-order valence-electron chi connectivity index (χ3n) is 4.73. The molecule has 0 radical (unpaired) electrons. The first-order valence-corrected chi connectivity index (χ1v) is 8.58. The van der Waals surface area contributed by atoms with Crippen LogP contribution in [-0.4, -0.2) is 44.2 Å². The average Bonchev–Trinajstić information content (AvgIpc) is 3.25. The molecule has 2 N–H and O–H groups in total. The van der Waals surface area contributed by atoms with Gasteiger partial charge in [0.25, 0.3) is 5.89 Å². The molecule has 1 saturated heterocycles. The first-order chi connectivity index (χ1) is 12.1. The molecule has 1 aliphatic rings. The van der Waals surface area contributed by atoms with Gasteiger partial charge in [0.1, 0.15) is 5.76 Å². The number of furan rings is 1. The Bertz CT molecular complexity index is 682. The van der Waals surface area contributed by atoms with Crippen molar-refractivity contribution in [1.82, 2.24) is 15.6 Å². The molecular formula is C18H25N3O4. The Morgan fingerprint density at radius 1 is 1.44 bits per heavy atom. The summed E-state index contributed by atoms with van der Waals surface area (Å²) in [6, 6.07) is 3.55.